The molecule has 1 aliphatic rings. The summed E-state index contributed by atoms with van der Waals surface area (Å²) in [7, 11) is 1.40. The van der Waals surface area contributed by atoms with E-state index >= 15 is 0 Å². The van der Waals surface area contributed by atoms with Gasteiger partial charge in [0.1, 0.15) is 12.6 Å². The van der Waals surface area contributed by atoms with Crippen molar-refractivity contribution in [3.05, 3.63) is 0 Å². The molecule has 10 nitrogen and oxygen atoms in total. The summed E-state index contributed by atoms with van der Waals surface area (Å²) in [6, 6.07) is -2.05. The van der Waals surface area contributed by atoms with E-state index < -0.39 is 52.5 Å². The zero-order valence-electron chi connectivity index (χ0n) is 12.3. The summed E-state index contributed by atoms with van der Waals surface area (Å²) < 4.78 is 25.9. The van der Waals surface area contributed by atoms with Crippen LogP contribution in [0.15, 0.2) is 0 Å². The van der Waals surface area contributed by atoms with Crippen LogP contribution in [-0.4, -0.2) is 67.2 Å². The minimum atomic E-state index is -2.91. The highest BCUT2D eigenvalue weighted by Crippen LogP contribution is 2.31. The number of likely N-dealkylation sites (tertiary alicyclic amines) is 1. The first kappa shape index (κ1) is 18.3. The van der Waals surface area contributed by atoms with Gasteiger partial charge in [-0.15, -0.1) is 0 Å². The summed E-state index contributed by atoms with van der Waals surface area (Å²) in [5, 5.41) is 9.36. The Morgan fingerprint density at radius 2 is 2.23 bits per heavy atom. The number of ether oxygens (including phenoxy) is 1. The molecular weight excluding hydrogens is 318 g/mol. The quantitative estimate of drug-likeness (QED) is 0.291. The Morgan fingerprint density at radius 3 is 2.59 bits per heavy atom. The molecule has 1 unspecified atom stereocenters. The lowest BCUT2D eigenvalue weighted by molar-refractivity contribution is -0.163. The third-order valence-corrected chi connectivity index (χ3v) is 4.52. The van der Waals surface area contributed by atoms with Crippen molar-refractivity contribution in [1.82, 2.24) is 15.8 Å². The van der Waals surface area contributed by atoms with Crippen LogP contribution in [0.5, 0.6) is 0 Å². The van der Waals surface area contributed by atoms with Crippen molar-refractivity contribution in [2.45, 2.75) is 37.1 Å². The second-order valence-corrected chi connectivity index (χ2v) is 6.50. The zero-order chi connectivity index (χ0) is 17.1. The summed E-state index contributed by atoms with van der Waals surface area (Å²) in [4.78, 5) is 35.4. The second-order valence-electron chi connectivity index (χ2n) is 5.09. The Labute approximate surface area is 129 Å². The number of β-lactam (4-membered cyclic amide) rings is 1. The second kappa shape index (κ2) is 7.03. The fraction of sp³-hybridized carbons (Fsp3) is 0.727. The fourth-order valence-corrected chi connectivity index (χ4v) is 2.78. The first-order valence-corrected chi connectivity index (χ1v) is 7.45. The van der Waals surface area contributed by atoms with Gasteiger partial charge in [0.2, 0.25) is 5.91 Å². The Balaban J connectivity index is 3.02. The number of carboxylic acid groups (broad SMARTS) is 1. The highest BCUT2D eigenvalue weighted by atomic mass is 32.2. The molecule has 0 aromatic carbocycles. The first-order valence-electron chi connectivity index (χ1n) is 6.38. The van der Waals surface area contributed by atoms with Gasteiger partial charge in [0.05, 0.1) is 4.75 Å². The lowest BCUT2D eigenvalue weighted by atomic mass is 9.92. The smallest absolute Gasteiger partial charge is 0.421 e. The van der Waals surface area contributed by atoms with E-state index in [1.165, 1.54) is 7.05 Å². The van der Waals surface area contributed by atoms with Crippen LogP contribution in [0.1, 0.15) is 20.3 Å². The number of nitrogens with zero attached hydrogens (tertiary/aromatic N) is 1. The number of hydrazine groups is 1. The predicted octanol–water partition coefficient (Wildman–Crippen LogP) is -1.44. The minimum absolute atomic E-state index is 0.145. The number of carboxylic acids is 1. The number of carbonyl (C=O) groups excluding carboxylic acids is 2. The molecule has 1 aliphatic heterocycles. The third-order valence-electron chi connectivity index (χ3n) is 3.42. The Hall–Kier alpha value is -1.72. The highest BCUT2D eigenvalue weighted by Gasteiger charge is 2.52. The molecule has 0 aromatic heterocycles. The zero-order valence-corrected chi connectivity index (χ0v) is 13.1. The molecular formula is C11H18N3O7S-. The van der Waals surface area contributed by atoms with Gasteiger partial charge in [-0.25, -0.2) is 15.0 Å². The molecule has 3 N–H and O–H groups in total. The summed E-state index contributed by atoms with van der Waals surface area (Å²) in [5.74, 6) is -1.94. The van der Waals surface area contributed by atoms with Crippen molar-refractivity contribution in [2.75, 3.05) is 13.7 Å². The molecule has 1 heterocycles. The van der Waals surface area contributed by atoms with Crippen molar-refractivity contribution in [3.8, 4) is 0 Å². The molecule has 126 valence electrons. The van der Waals surface area contributed by atoms with Crippen LogP contribution in [-0.2, 0) is 25.4 Å². The van der Waals surface area contributed by atoms with Gasteiger partial charge in [-0.05, 0) is 24.9 Å². The molecule has 22 heavy (non-hydrogen) atoms. The normalized spacial score (nSPS) is 23.0. The van der Waals surface area contributed by atoms with Crippen LogP contribution >= 0.6 is 0 Å². The number of hydrogen-bond donors (Lipinski definition) is 3. The number of carbonyl (C=O) groups is 3. The van der Waals surface area contributed by atoms with Gasteiger partial charge in [0, 0.05) is 19.5 Å². The average molecular weight is 336 g/mol. The summed E-state index contributed by atoms with van der Waals surface area (Å²) >= 11 is -2.91. The molecule has 0 aromatic rings. The van der Waals surface area contributed by atoms with Gasteiger partial charge < -0.3 is 19.3 Å². The molecule has 4 atom stereocenters. The number of hydrogen-bond acceptors (Lipinski definition) is 7. The van der Waals surface area contributed by atoms with Gasteiger partial charge in [0.15, 0.2) is 0 Å². The van der Waals surface area contributed by atoms with E-state index in [0.29, 0.717) is 0 Å². The van der Waals surface area contributed by atoms with E-state index in [9.17, 15) is 28.3 Å². The first-order chi connectivity index (χ1) is 10.1. The van der Waals surface area contributed by atoms with E-state index in [1.54, 1.807) is 6.92 Å². The average Bonchev–Trinajstić information content (AvgIpc) is 2.42. The Morgan fingerprint density at radius 1 is 1.64 bits per heavy atom. The maximum absolute atomic E-state index is 11.6. The van der Waals surface area contributed by atoms with Crippen molar-refractivity contribution >= 4 is 29.1 Å². The van der Waals surface area contributed by atoms with E-state index in [0.717, 1.165) is 11.8 Å². The summed E-state index contributed by atoms with van der Waals surface area (Å²) in [6.45, 7) is 2.00. The van der Waals surface area contributed by atoms with E-state index in [1.807, 2.05) is 0 Å². The third kappa shape index (κ3) is 3.54. The summed E-state index contributed by atoms with van der Waals surface area (Å²) in [6.07, 6.45) is -0.821. The van der Waals surface area contributed by atoms with Crippen LogP contribution in [0, 0.1) is 0 Å². The fourth-order valence-electron chi connectivity index (χ4n) is 2.23. The minimum Gasteiger partial charge on any atom is -0.772 e. The van der Waals surface area contributed by atoms with Gasteiger partial charge in [-0.2, -0.15) is 0 Å². The number of rotatable bonds is 7. The molecule has 1 rings (SSSR count). The molecule has 0 aliphatic carbocycles. The maximum atomic E-state index is 11.6. The van der Waals surface area contributed by atoms with Gasteiger partial charge in [0.25, 0.3) is 0 Å². The van der Waals surface area contributed by atoms with Crippen molar-refractivity contribution < 1.29 is 33.0 Å². The molecule has 2 amide bonds. The number of amides is 2. The van der Waals surface area contributed by atoms with E-state index in [-0.39, 0.29) is 6.42 Å². The SMILES string of the molecule is CNNC(=O)OC[C@@](C)([C@H](C(=O)O)N1C(=O)C[C@H]1C)S(=O)[O-]. The monoisotopic (exact) mass is 336 g/mol. The molecule has 1 fully saturated rings. The van der Waals surface area contributed by atoms with Crippen LogP contribution < -0.4 is 10.9 Å². The maximum Gasteiger partial charge on any atom is 0.421 e. The number of nitrogens with one attached hydrogen (secondary N) is 2. The van der Waals surface area contributed by atoms with Gasteiger partial charge >= 0.3 is 12.1 Å². The van der Waals surface area contributed by atoms with Crippen molar-refractivity contribution in [2.24, 2.45) is 0 Å². The largest absolute Gasteiger partial charge is 0.772 e. The highest BCUT2D eigenvalue weighted by molar-refractivity contribution is 7.80. The van der Waals surface area contributed by atoms with Crippen LogP contribution in [0.3, 0.4) is 0 Å². The standard InChI is InChI=1S/C11H19N3O7S/c1-6-4-7(15)14(6)8(9(16)17)11(2,22(19)20)5-21-10(18)13-12-3/h6,8,12H,4-5H2,1-3H3,(H,13,18)(H,16,17)(H,19,20)/p-1/t6-,8+,11+/m1/s1. The Bertz CT molecular complexity index is 500. The molecule has 0 saturated carbocycles. The molecule has 0 spiro atoms. The van der Waals surface area contributed by atoms with Crippen LogP contribution in [0.2, 0.25) is 0 Å². The molecule has 0 radical (unpaired) electrons. The van der Waals surface area contributed by atoms with E-state index in [2.05, 4.69) is 10.9 Å². The van der Waals surface area contributed by atoms with Gasteiger partial charge in [-0.1, -0.05) is 0 Å². The summed E-state index contributed by atoms with van der Waals surface area (Å²) in [5.41, 5.74) is 4.34. The van der Waals surface area contributed by atoms with Crippen molar-refractivity contribution in [1.29, 1.82) is 0 Å². The molecule has 11 heteroatoms. The van der Waals surface area contributed by atoms with Gasteiger partial charge in [-0.3, -0.25) is 14.4 Å². The molecule has 0 bridgehead atoms. The van der Waals surface area contributed by atoms with Crippen molar-refractivity contribution in [3.63, 3.8) is 0 Å². The Kier molecular flexibility index (Phi) is 5.85. The number of aliphatic carboxylic acids is 1. The molecule has 1 saturated heterocycles. The van der Waals surface area contributed by atoms with Crippen LogP contribution in [0.25, 0.3) is 0 Å². The lowest BCUT2D eigenvalue weighted by Crippen LogP contribution is -2.68. The van der Waals surface area contributed by atoms with E-state index in [4.69, 9.17) is 4.74 Å². The topological polar surface area (TPSA) is 148 Å². The predicted molar refractivity (Wildman–Crippen MR) is 73.2 cm³/mol. The van der Waals surface area contributed by atoms with Crippen LogP contribution in [0.4, 0.5) is 4.79 Å². The lowest BCUT2D eigenvalue weighted by Gasteiger charge is -2.49.